The molecule has 3 heteroatoms. The molecule has 1 fully saturated rings. The molecule has 0 bridgehead atoms. The van der Waals surface area contributed by atoms with Crippen molar-refractivity contribution in [1.29, 1.82) is 0 Å². The highest BCUT2D eigenvalue weighted by atomic mass is 32.2. The van der Waals surface area contributed by atoms with E-state index in [1.807, 2.05) is 24.2 Å². The summed E-state index contributed by atoms with van der Waals surface area (Å²) in [6.07, 6.45) is 3.82. The molecule has 0 aliphatic carbocycles. The van der Waals surface area contributed by atoms with Crippen LogP contribution in [0.5, 0.6) is 0 Å². The van der Waals surface area contributed by atoms with Gasteiger partial charge < -0.3 is 5.32 Å². The molecule has 70 valence electrons. The Labute approximate surface area is 83.1 Å². The Balaban J connectivity index is 2.21. The van der Waals surface area contributed by atoms with Crippen molar-refractivity contribution in [3.05, 3.63) is 29.6 Å². The van der Waals surface area contributed by atoms with Crippen molar-refractivity contribution < 1.29 is 0 Å². The lowest BCUT2D eigenvalue weighted by molar-refractivity contribution is 0.713. The minimum Gasteiger partial charge on any atom is -0.300 e. The van der Waals surface area contributed by atoms with Gasteiger partial charge in [-0.05, 0) is 18.6 Å². The molecule has 2 atom stereocenters. The number of hydrogen-bond acceptors (Lipinski definition) is 3. The van der Waals surface area contributed by atoms with Crippen LogP contribution in [0.3, 0.4) is 0 Å². The summed E-state index contributed by atoms with van der Waals surface area (Å²) >= 11 is 1.98. The third-order valence-electron chi connectivity index (χ3n) is 2.32. The van der Waals surface area contributed by atoms with Crippen LogP contribution in [0.2, 0.25) is 0 Å². The van der Waals surface area contributed by atoms with Crippen LogP contribution < -0.4 is 5.32 Å². The molecule has 1 aliphatic rings. The van der Waals surface area contributed by atoms with Gasteiger partial charge in [-0.25, -0.2) is 0 Å². The number of nitrogens with zero attached hydrogens (tertiary/aromatic N) is 1. The largest absolute Gasteiger partial charge is 0.300 e. The SMILES string of the molecule is Cc1ccncc1C1NCC(C)S1. The number of aromatic nitrogens is 1. The van der Waals surface area contributed by atoms with Crippen molar-refractivity contribution in [3.63, 3.8) is 0 Å². The Morgan fingerprint density at radius 1 is 1.62 bits per heavy atom. The second kappa shape index (κ2) is 3.68. The maximum Gasteiger partial charge on any atom is 0.0810 e. The molecule has 2 unspecified atom stereocenters. The van der Waals surface area contributed by atoms with Crippen LogP contribution in [0.15, 0.2) is 18.5 Å². The quantitative estimate of drug-likeness (QED) is 0.741. The van der Waals surface area contributed by atoms with Crippen molar-refractivity contribution >= 4 is 11.8 Å². The Kier molecular flexibility index (Phi) is 2.56. The Bertz CT molecular complexity index is 301. The van der Waals surface area contributed by atoms with Gasteiger partial charge in [0.15, 0.2) is 0 Å². The van der Waals surface area contributed by atoms with Crippen LogP contribution in [0.1, 0.15) is 23.4 Å². The lowest BCUT2D eigenvalue weighted by Gasteiger charge is -2.11. The zero-order chi connectivity index (χ0) is 9.26. The van der Waals surface area contributed by atoms with E-state index in [0.29, 0.717) is 10.6 Å². The van der Waals surface area contributed by atoms with Crippen molar-refractivity contribution in [1.82, 2.24) is 10.3 Å². The predicted octanol–water partition coefficient (Wildman–Crippen LogP) is 2.11. The fraction of sp³-hybridized carbons (Fsp3) is 0.500. The van der Waals surface area contributed by atoms with Gasteiger partial charge in [-0.3, -0.25) is 4.98 Å². The van der Waals surface area contributed by atoms with Crippen molar-refractivity contribution in [3.8, 4) is 0 Å². The topological polar surface area (TPSA) is 24.9 Å². The van der Waals surface area contributed by atoms with Crippen molar-refractivity contribution in [2.24, 2.45) is 0 Å². The fourth-order valence-corrected chi connectivity index (χ4v) is 2.78. The molecule has 2 nitrogen and oxygen atoms in total. The Morgan fingerprint density at radius 3 is 3.08 bits per heavy atom. The maximum atomic E-state index is 4.16. The highest BCUT2D eigenvalue weighted by Gasteiger charge is 2.23. The fourth-order valence-electron chi connectivity index (χ4n) is 1.54. The van der Waals surface area contributed by atoms with E-state index < -0.39 is 0 Å². The highest BCUT2D eigenvalue weighted by Crippen LogP contribution is 2.35. The van der Waals surface area contributed by atoms with Gasteiger partial charge in [0.2, 0.25) is 0 Å². The molecule has 0 aromatic carbocycles. The molecule has 0 saturated carbocycles. The van der Waals surface area contributed by atoms with Crippen LogP contribution in [-0.4, -0.2) is 16.8 Å². The number of thioether (sulfide) groups is 1. The summed E-state index contributed by atoms with van der Waals surface area (Å²) in [5.74, 6) is 0. The van der Waals surface area contributed by atoms with Crippen molar-refractivity contribution in [2.75, 3.05) is 6.54 Å². The average Bonchev–Trinajstić information content (AvgIpc) is 2.53. The number of aryl methyl sites for hydroxylation is 1. The van der Waals surface area contributed by atoms with Crippen molar-refractivity contribution in [2.45, 2.75) is 24.5 Å². The van der Waals surface area contributed by atoms with Gasteiger partial charge in [0.05, 0.1) is 5.37 Å². The molecule has 1 aromatic heterocycles. The Hall–Kier alpha value is -0.540. The normalized spacial score (nSPS) is 27.8. The Morgan fingerprint density at radius 2 is 2.46 bits per heavy atom. The minimum atomic E-state index is 0.448. The molecular formula is C10H14N2S. The van der Waals surface area contributed by atoms with Gasteiger partial charge in [0, 0.05) is 29.8 Å². The van der Waals surface area contributed by atoms with Crippen LogP contribution in [0.25, 0.3) is 0 Å². The van der Waals surface area contributed by atoms with E-state index in [-0.39, 0.29) is 0 Å². The number of rotatable bonds is 1. The summed E-state index contributed by atoms with van der Waals surface area (Å²) in [7, 11) is 0. The second-order valence-electron chi connectivity index (χ2n) is 3.47. The van der Waals surface area contributed by atoms with Crippen LogP contribution in [0.4, 0.5) is 0 Å². The molecule has 13 heavy (non-hydrogen) atoms. The first kappa shape index (κ1) is 9.03. The first-order valence-electron chi connectivity index (χ1n) is 4.56. The van der Waals surface area contributed by atoms with Gasteiger partial charge >= 0.3 is 0 Å². The summed E-state index contributed by atoms with van der Waals surface area (Å²) in [6, 6.07) is 2.07. The summed E-state index contributed by atoms with van der Waals surface area (Å²) in [4.78, 5) is 4.16. The molecular weight excluding hydrogens is 180 g/mol. The van der Waals surface area contributed by atoms with Gasteiger partial charge in [0.25, 0.3) is 0 Å². The first-order chi connectivity index (χ1) is 6.27. The van der Waals surface area contributed by atoms with Crippen LogP contribution >= 0.6 is 11.8 Å². The smallest absolute Gasteiger partial charge is 0.0810 e. The molecule has 0 radical (unpaired) electrons. The van der Waals surface area contributed by atoms with E-state index in [9.17, 15) is 0 Å². The zero-order valence-electron chi connectivity index (χ0n) is 7.95. The van der Waals surface area contributed by atoms with Crippen LogP contribution in [-0.2, 0) is 0 Å². The summed E-state index contributed by atoms with van der Waals surface area (Å²) in [6.45, 7) is 5.50. The minimum absolute atomic E-state index is 0.448. The molecule has 0 spiro atoms. The maximum absolute atomic E-state index is 4.16. The van der Waals surface area contributed by atoms with E-state index in [0.717, 1.165) is 6.54 Å². The van der Waals surface area contributed by atoms with E-state index in [4.69, 9.17) is 0 Å². The third kappa shape index (κ3) is 1.86. The van der Waals surface area contributed by atoms with Gasteiger partial charge in [-0.2, -0.15) is 0 Å². The van der Waals surface area contributed by atoms with Gasteiger partial charge in [-0.15, -0.1) is 11.8 Å². The monoisotopic (exact) mass is 194 g/mol. The summed E-state index contributed by atoms with van der Waals surface area (Å²) in [5, 5.41) is 4.65. The second-order valence-corrected chi connectivity index (χ2v) is 5.02. The van der Waals surface area contributed by atoms with E-state index in [1.165, 1.54) is 11.1 Å². The summed E-state index contributed by atoms with van der Waals surface area (Å²) in [5.41, 5.74) is 2.66. The average molecular weight is 194 g/mol. The lowest BCUT2D eigenvalue weighted by Crippen LogP contribution is -2.14. The predicted molar refractivity (Wildman–Crippen MR) is 56.8 cm³/mol. The third-order valence-corrected chi connectivity index (χ3v) is 3.65. The molecule has 2 heterocycles. The first-order valence-corrected chi connectivity index (χ1v) is 5.51. The van der Waals surface area contributed by atoms with Gasteiger partial charge in [-0.1, -0.05) is 6.92 Å². The van der Waals surface area contributed by atoms with Gasteiger partial charge in [0.1, 0.15) is 0 Å². The summed E-state index contributed by atoms with van der Waals surface area (Å²) < 4.78 is 0. The highest BCUT2D eigenvalue weighted by molar-refractivity contribution is 8.00. The van der Waals surface area contributed by atoms with E-state index in [1.54, 1.807) is 0 Å². The van der Waals surface area contributed by atoms with Crippen LogP contribution in [0, 0.1) is 6.92 Å². The van der Waals surface area contributed by atoms with E-state index >= 15 is 0 Å². The molecule has 1 aliphatic heterocycles. The number of nitrogens with one attached hydrogen (secondary N) is 1. The molecule has 1 aromatic rings. The molecule has 1 saturated heterocycles. The standard InChI is InChI=1S/C10H14N2S/c1-7-3-4-11-6-9(7)10-12-5-8(2)13-10/h3-4,6,8,10,12H,5H2,1-2H3. The number of hydrogen-bond donors (Lipinski definition) is 1. The zero-order valence-corrected chi connectivity index (χ0v) is 8.77. The molecule has 1 N–H and O–H groups in total. The van der Waals surface area contributed by atoms with E-state index in [2.05, 4.69) is 30.2 Å². The lowest BCUT2D eigenvalue weighted by atomic mass is 10.1. The number of pyridine rings is 1. The molecule has 2 rings (SSSR count). The molecule has 0 amide bonds.